The van der Waals surface area contributed by atoms with Crippen molar-refractivity contribution in [3.8, 4) is 0 Å². The van der Waals surface area contributed by atoms with Gasteiger partial charge in [-0.25, -0.2) is 0 Å². The fraction of sp³-hybridized carbons (Fsp3) is 0.500. The Morgan fingerprint density at radius 1 is 1.29 bits per heavy atom. The molecule has 3 N–H and O–H groups in total. The van der Waals surface area contributed by atoms with Gasteiger partial charge in [-0.2, -0.15) is 5.10 Å². The highest BCUT2D eigenvalue weighted by Gasteiger charge is 2.14. The number of hydrogen-bond donors (Lipinski definition) is 2. The first-order valence-corrected chi connectivity index (χ1v) is 7.48. The predicted octanol–water partition coefficient (Wildman–Crippen LogP) is 2.61. The summed E-state index contributed by atoms with van der Waals surface area (Å²) in [6.07, 6.45) is 3.88. The van der Waals surface area contributed by atoms with E-state index in [0.29, 0.717) is 6.04 Å². The van der Waals surface area contributed by atoms with Crippen LogP contribution in [0.25, 0.3) is 0 Å². The fourth-order valence-electron chi connectivity index (χ4n) is 2.47. The normalized spacial score (nSPS) is 14.1. The lowest BCUT2D eigenvalue weighted by atomic mass is 10.0. The second-order valence-corrected chi connectivity index (χ2v) is 5.65. The van der Waals surface area contributed by atoms with Crippen molar-refractivity contribution in [2.45, 2.75) is 52.6 Å². The third-order valence-electron chi connectivity index (χ3n) is 3.83. The molecule has 0 aliphatic heterocycles. The van der Waals surface area contributed by atoms with E-state index in [-0.39, 0.29) is 6.04 Å². The van der Waals surface area contributed by atoms with Crippen molar-refractivity contribution in [3.63, 3.8) is 0 Å². The number of pyridine rings is 1. The van der Waals surface area contributed by atoms with E-state index in [1.165, 1.54) is 0 Å². The van der Waals surface area contributed by atoms with Crippen molar-refractivity contribution < 1.29 is 0 Å². The molecule has 0 fully saturated rings. The quantitative estimate of drug-likeness (QED) is 0.633. The maximum atomic E-state index is 5.74. The average Bonchev–Trinajstić information content (AvgIpc) is 2.91. The summed E-state index contributed by atoms with van der Waals surface area (Å²) >= 11 is 0. The maximum absolute atomic E-state index is 5.74. The molecule has 0 radical (unpaired) electrons. The molecule has 2 unspecified atom stereocenters. The first-order valence-electron chi connectivity index (χ1n) is 7.48. The monoisotopic (exact) mass is 287 g/mol. The molecule has 0 aromatic carbocycles. The number of nitrogens with two attached hydrogens (primary N) is 1. The van der Waals surface area contributed by atoms with E-state index in [1.54, 1.807) is 0 Å². The molecule has 0 aliphatic carbocycles. The summed E-state index contributed by atoms with van der Waals surface area (Å²) < 4.78 is 2.02. The molecule has 2 heterocycles. The molecule has 0 saturated carbocycles. The first kappa shape index (κ1) is 15.7. The van der Waals surface area contributed by atoms with Gasteiger partial charge in [-0.05, 0) is 51.0 Å². The van der Waals surface area contributed by atoms with Crippen molar-refractivity contribution >= 4 is 0 Å². The highest BCUT2D eigenvalue weighted by Crippen LogP contribution is 2.19. The van der Waals surface area contributed by atoms with Gasteiger partial charge in [-0.15, -0.1) is 0 Å². The SMILES string of the molecule is CCC(C)n1ccc(CC(NN)c2cc(C)nc(C)c2)n1. The van der Waals surface area contributed by atoms with E-state index in [2.05, 4.69) is 47.6 Å². The summed E-state index contributed by atoms with van der Waals surface area (Å²) in [4.78, 5) is 4.41. The van der Waals surface area contributed by atoms with Crippen LogP contribution in [-0.2, 0) is 6.42 Å². The third kappa shape index (κ3) is 3.89. The van der Waals surface area contributed by atoms with Crippen LogP contribution in [0.15, 0.2) is 24.4 Å². The van der Waals surface area contributed by atoms with Gasteiger partial charge in [-0.1, -0.05) is 6.92 Å². The van der Waals surface area contributed by atoms with E-state index in [9.17, 15) is 0 Å². The molecule has 21 heavy (non-hydrogen) atoms. The standard InChI is InChI=1S/C16H25N5/c1-5-13(4)21-7-6-15(20-21)10-16(19-17)14-8-11(2)18-12(3)9-14/h6-9,13,16,19H,5,10,17H2,1-4H3. The van der Waals surface area contributed by atoms with E-state index in [0.717, 1.165) is 35.5 Å². The molecule has 2 atom stereocenters. The van der Waals surface area contributed by atoms with Gasteiger partial charge in [0, 0.05) is 30.0 Å². The molecular weight excluding hydrogens is 262 g/mol. The molecule has 2 aromatic heterocycles. The van der Waals surface area contributed by atoms with Crippen LogP contribution in [0.2, 0.25) is 0 Å². The van der Waals surface area contributed by atoms with E-state index in [1.807, 2.05) is 24.7 Å². The molecule has 0 amide bonds. The van der Waals surface area contributed by atoms with Crippen LogP contribution in [0, 0.1) is 13.8 Å². The minimum atomic E-state index is 0.0469. The number of rotatable bonds is 6. The lowest BCUT2D eigenvalue weighted by molar-refractivity contribution is 0.467. The number of nitrogens with one attached hydrogen (secondary N) is 1. The van der Waals surface area contributed by atoms with Gasteiger partial charge in [0.05, 0.1) is 11.7 Å². The van der Waals surface area contributed by atoms with Crippen LogP contribution in [0.3, 0.4) is 0 Å². The fourth-order valence-corrected chi connectivity index (χ4v) is 2.47. The Kier molecular flexibility index (Phi) is 5.09. The largest absolute Gasteiger partial charge is 0.271 e. The van der Waals surface area contributed by atoms with Crippen LogP contribution in [0.5, 0.6) is 0 Å². The van der Waals surface area contributed by atoms with Gasteiger partial charge in [0.2, 0.25) is 0 Å². The Labute approximate surface area is 126 Å². The van der Waals surface area contributed by atoms with Crippen LogP contribution >= 0.6 is 0 Å². The maximum Gasteiger partial charge on any atom is 0.0644 e. The van der Waals surface area contributed by atoms with Crippen molar-refractivity contribution in [2.75, 3.05) is 0 Å². The zero-order valence-corrected chi connectivity index (χ0v) is 13.3. The van der Waals surface area contributed by atoms with Crippen molar-refractivity contribution in [1.29, 1.82) is 0 Å². The molecule has 2 rings (SSSR count). The number of hydrazine groups is 1. The Morgan fingerprint density at radius 2 is 1.95 bits per heavy atom. The highest BCUT2D eigenvalue weighted by atomic mass is 15.3. The van der Waals surface area contributed by atoms with Crippen molar-refractivity contribution in [1.82, 2.24) is 20.2 Å². The molecular formula is C16H25N5. The molecule has 0 aliphatic rings. The summed E-state index contributed by atoms with van der Waals surface area (Å²) in [5.74, 6) is 5.74. The summed E-state index contributed by atoms with van der Waals surface area (Å²) in [5.41, 5.74) is 7.12. The number of nitrogens with zero attached hydrogens (tertiary/aromatic N) is 3. The van der Waals surface area contributed by atoms with E-state index < -0.39 is 0 Å². The smallest absolute Gasteiger partial charge is 0.0644 e. The van der Waals surface area contributed by atoms with Gasteiger partial charge >= 0.3 is 0 Å². The summed E-state index contributed by atoms with van der Waals surface area (Å²) in [6, 6.07) is 6.68. The van der Waals surface area contributed by atoms with Crippen LogP contribution in [0.1, 0.15) is 55.0 Å². The summed E-state index contributed by atoms with van der Waals surface area (Å²) in [5, 5.41) is 4.64. The third-order valence-corrected chi connectivity index (χ3v) is 3.83. The van der Waals surface area contributed by atoms with Gasteiger partial charge in [-0.3, -0.25) is 20.9 Å². The van der Waals surface area contributed by atoms with Gasteiger partial charge < -0.3 is 0 Å². The number of hydrogen-bond acceptors (Lipinski definition) is 4. The van der Waals surface area contributed by atoms with Crippen LogP contribution < -0.4 is 11.3 Å². The predicted molar refractivity (Wildman–Crippen MR) is 84.7 cm³/mol. The lowest BCUT2D eigenvalue weighted by Crippen LogP contribution is -2.30. The van der Waals surface area contributed by atoms with Gasteiger partial charge in [0.15, 0.2) is 0 Å². The molecule has 2 aromatic rings. The number of aromatic nitrogens is 3. The summed E-state index contributed by atoms with van der Waals surface area (Å²) in [6.45, 7) is 8.34. The Bertz CT molecular complexity index is 570. The van der Waals surface area contributed by atoms with Crippen molar-refractivity contribution in [3.05, 3.63) is 47.0 Å². The van der Waals surface area contributed by atoms with Gasteiger partial charge in [0.25, 0.3) is 0 Å². The molecule has 5 heteroatoms. The van der Waals surface area contributed by atoms with Crippen LogP contribution in [0.4, 0.5) is 0 Å². The Morgan fingerprint density at radius 3 is 2.52 bits per heavy atom. The second-order valence-electron chi connectivity index (χ2n) is 5.65. The molecule has 0 bridgehead atoms. The summed E-state index contributed by atoms with van der Waals surface area (Å²) in [7, 11) is 0. The zero-order chi connectivity index (χ0) is 15.4. The van der Waals surface area contributed by atoms with Gasteiger partial charge in [0.1, 0.15) is 0 Å². The average molecular weight is 287 g/mol. The van der Waals surface area contributed by atoms with Crippen molar-refractivity contribution in [2.24, 2.45) is 5.84 Å². The van der Waals surface area contributed by atoms with Crippen LogP contribution in [-0.4, -0.2) is 14.8 Å². The highest BCUT2D eigenvalue weighted by molar-refractivity contribution is 5.24. The molecule has 114 valence electrons. The zero-order valence-electron chi connectivity index (χ0n) is 13.3. The van der Waals surface area contributed by atoms with E-state index >= 15 is 0 Å². The Hall–Kier alpha value is -1.72. The minimum Gasteiger partial charge on any atom is -0.271 e. The molecule has 0 saturated heterocycles. The topological polar surface area (TPSA) is 68.8 Å². The second kappa shape index (κ2) is 6.83. The first-order chi connectivity index (χ1) is 10.0. The lowest BCUT2D eigenvalue weighted by Gasteiger charge is -2.16. The minimum absolute atomic E-state index is 0.0469. The molecule has 5 nitrogen and oxygen atoms in total. The number of aryl methyl sites for hydroxylation is 2. The molecule has 0 spiro atoms. The Balaban J connectivity index is 2.17. The van der Waals surface area contributed by atoms with E-state index in [4.69, 9.17) is 5.84 Å².